The molecule has 0 spiro atoms. The Morgan fingerprint density at radius 1 is 0.737 bits per heavy atom. The van der Waals surface area contributed by atoms with Crippen molar-refractivity contribution in [2.24, 2.45) is 0 Å². The molecule has 0 amide bonds. The second-order valence-corrected chi connectivity index (χ2v) is 5.68. The number of hydrogen-bond donors (Lipinski definition) is 0. The first-order chi connectivity index (χ1) is 9.31. The van der Waals surface area contributed by atoms with E-state index in [9.17, 15) is 0 Å². The van der Waals surface area contributed by atoms with E-state index in [1.807, 2.05) is 6.92 Å². The maximum absolute atomic E-state index is 5.41. The number of rotatable bonds is 15. The summed E-state index contributed by atoms with van der Waals surface area (Å²) < 4.78 is 10.3. The van der Waals surface area contributed by atoms with Gasteiger partial charge in [-0.2, -0.15) is 0 Å². The minimum atomic E-state index is -0.135. The van der Waals surface area contributed by atoms with Gasteiger partial charge in [0.15, 0.2) is 0 Å². The summed E-state index contributed by atoms with van der Waals surface area (Å²) in [4.78, 5) is 0. The van der Waals surface area contributed by atoms with Crippen LogP contribution in [0.2, 0.25) is 0 Å². The van der Waals surface area contributed by atoms with Gasteiger partial charge >= 0.3 is 0 Å². The van der Waals surface area contributed by atoms with Crippen molar-refractivity contribution in [1.29, 1.82) is 0 Å². The Hall–Kier alpha value is 0.137. The van der Waals surface area contributed by atoms with Crippen LogP contribution in [0.1, 0.15) is 90.9 Å². The van der Waals surface area contributed by atoms with Crippen LogP contribution in [-0.2, 0) is 9.16 Å². The Kier molecular flexibility index (Phi) is 16.3. The highest BCUT2D eigenvalue weighted by Crippen LogP contribution is 2.11. The van der Waals surface area contributed by atoms with E-state index in [2.05, 4.69) is 17.4 Å². The molecular formula is C16H33O2Si. The molecule has 0 rings (SSSR count). The van der Waals surface area contributed by atoms with Crippen LogP contribution >= 0.6 is 0 Å². The summed E-state index contributed by atoms with van der Waals surface area (Å²) in [6.07, 6.45) is 16.4. The Morgan fingerprint density at radius 2 is 1.16 bits per heavy atom. The second kappa shape index (κ2) is 16.2. The topological polar surface area (TPSA) is 18.5 Å². The van der Waals surface area contributed by atoms with Crippen LogP contribution in [0.15, 0.2) is 0 Å². The average molecular weight is 286 g/mol. The zero-order chi connectivity index (χ0) is 14.2. The molecule has 0 saturated carbocycles. The maximum Gasteiger partial charge on any atom is 0.249 e. The quantitative estimate of drug-likeness (QED) is 0.235. The molecule has 0 aromatic heterocycles. The first-order valence-corrected chi connectivity index (χ1v) is 8.66. The van der Waals surface area contributed by atoms with Gasteiger partial charge in [-0.3, -0.25) is 0 Å². The Bertz CT molecular complexity index is 165. The lowest BCUT2D eigenvalue weighted by atomic mass is 10.1. The van der Waals surface area contributed by atoms with Gasteiger partial charge in [0.05, 0.1) is 0 Å². The van der Waals surface area contributed by atoms with Gasteiger partial charge < -0.3 is 9.16 Å². The molecule has 0 aliphatic carbocycles. The van der Waals surface area contributed by atoms with E-state index in [0.717, 1.165) is 13.0 Å². The van der Waals surface area contributed by atoms with Crippen LogP contribution in [0.3, 0.4) is 0 Å². The van der Waals surface area contributed by atoms with E-state index in [-0.39, 0.29) is 6.29 Å². The maximum atomic E-state index is 5.41. The molecule has 0 heterocycles. The van der Waals surface area contributed by atoms with Crippen LogP contribution in [0.25, 0.3) is 0 Å². The molecule has 3 radical (unpaired) electrons. The molecule has 3 heteroatoms. The third-order valence-electron chi connectivity index (χ3n) is 3.52. The van der Waals surface area contributed by atoms with Crippen molar-refractivity contribution in [3.05, 3.63) is 0 Å². The molecule has 0 aliphatic heterocycles. The van der Waals surface area contributed by atoms with Gasteiger partial charge in [0.1, 0.15) is 6.29 Å². The Balaban J connectivity index is 2.95. The molecular weight excluding hydrogens is 252 g/mol. The summed E-state index contributed by atoms with van der Waals surface area (Å²) in [5.74, 6) is 0. The zero-order valence-corrected chi connectivity index (χ0v) is 14.1. The molecule has 0 aromatic carbocycles. The molecule has 0 bridgehead atoms. The van der Waals surface area contributed by atoms with Gasteiger partial charge in [0, 0.05) is 6.61 Å². The van der Waals surface area contributed by atoms with Crippen molar-refractivity contribution in [2.75, 3.05) is 6.61 Å². The predicted molar refractivity (Wildman–Crippen MR) is 83.3 cm³/mol. The fraction of sp³-hybridized carbons (Fsp3) is 1.00. The first-order valence-electron chi connectivity index (χ1n) is 8.25. The second-order valence-electron chi connectivity index (χ2n) is 5.45. The monoisotopic (exact) mass is 285 g/mol. The molecule has 0 fully saturated rings. The average Bonchev–Trinajstić information content (AvgIpc) is 2.43. The van der Waals surface area contributed by atoms with Crippen molar-refractivity contribution >= 4 is 10.5 Å². The molecule has 2 nitrogen and oxygen atoms in total. The van der Waals surface area contributed by atoms with E-state index < -0.39 is 0 Å². The Morgan fingerprint density at radius 3 is 1.58 bits per heavy atom. The van der Waals surface area contributed by atoms with Crippen molar-refractivity contribution in [3.8, 4) is 0 Å². The third-order valence-corrected chi connectivity index (χ3v) is 3.85. The lowest BCUT2D eigenvalue weighted by Crippen LogP contribution is -2.11. The standard InChI is InChI=1S/C16H33O2Si/c1-3-4-5-6-7-8-9-10-11-12-13-14-15-17-16(2)18-19/h16H,3-15H2,1-2H3. The zero-order valence-electron chi connectivity index (χ0n) is 13.1. The number of ether oxygens (including phenoxy) is 1. The highest BCUT2D eigenvalue weighted by atomic mass is 28.2. The van der Waals surface area contributed by atoms with Crippen LogP contribution < -0.4 is 0 Å². The van der Waals surface area contributed by atoms with Crippen LogP contribution in [-0.4, -0.2) is 23.4 Å². The van der Waals surface area contributed by atoms with Gasteiger partial charge in [0.25, 0.3) is 0 Å². The minimum absolute atomic E-state index is 0.135. The fourth-order valence-electron chi connectivity index (χ4n) is 2.23. The smallest absolute Gasteiger partial charge is 0.249 e. The van der Waals surface area contributed by atoms with Crippen LogP contribution in [0, 0.1) is 0 Å². The minimum Gasteiger partial charge on any atom is -0.394 e. The SMILES string of the molecule is CCCCCCCCCCCCCCOC(C)O[Si]. The van der Waals surface area contributed by atoms with Gasteiger partial charge in [-0.25, -0.2) is 0 Å². The van der Waals surface area contributed by atoms with Gasteiger partial charge in [-0.05, 0) is 13.3 Å². The van der Waals surface area contributed by atoms with Crippen molar-refractivity contribution in [1.82, 2.24) is 0 Å². The van der Waals surface area contributed by atoms with Crippen LogP contribution in [0.4, 0.5) is 0 Å². The fourth-order valence-corrected chi connectivity index (χ4v) is 2.29. The highest BCUT2D eigenvalue weighted by Gasteiger charge is 1.97. The van der Waals surface area contributed by atoms with E-state index in [1.54, 1.807) is 0 Å². The predicted octanol–water partition coefficient (Wildman–Crippen LogP) is 5.15. The molecule has 0 aliphatic rings. The van der Waals surface area contributed by atoms with E-state index in [1.165, 1.54) is 70.6 Å². The molecule has 0 saturated heterocycles. The molecule has 1 atom stereocenters. The molecule has 113 valence electrons. The van der Waals surface area contributed by atoms with Crippen molar-refractivity contribution < 1.29 is 9.16 Å². The molecule has 1 unspecified atom stereocenters. The van der Waals surface area contributed by atoms with Crippen LogP contribution in [0.5, 0.6) is 0 Å². The van der Waals surface area contributed by atoms with Crippen molar-refractivity contribution in [3.63, 3.8) is 0 Å². The van der Waals surface area contributed by atoms with Gasteiger partial charge in [-0.15, -0.1) is 0 Å². The summed E-state index contributed by atoms with van der Waals surface area (Å²) >= 11 is 0. The summed E-state index contributed by atoms with van der Waals surface area (Å²) in [6, 6.07) is 0. The lowest BCUT2D eigenvalue weighted by Gasteiger charge is -2.10. The first kappa shape index (κ1) is 19.1. The third kappa shape index (κ3) is 16.1. The van der Waals surface area contributed by atoms with E-state index in [4.69, 9.17) is 9.16 Å². The molecule has 0 N–H and O–H groups in total. The normalized spacial score (nSPS) is 12.8. The molecule has 0 aromatic rings. The Labute approximate surface area is 124 Å². The summed E-state index contributed by atoms with van der Waals surface area (Å²) in [5.41, 5.74) is 0. The summed E-state index contributed by atoms with van der Waals surface area (Å²) in [5, 5.41) is 0. The number of unbranched alkanes of at least 4 members (excludes halogenated alkanes) is 11. The van der Waals surface area contributed by atoms with E-state index in [0.29, 0.717) is 0 Å². The largest absolute Gasteiger partial charge is 0.394 e. The summed E-state index contributed by atoms with van der Waals surface area (Å²) in [7, 11) is 2.97. The lowest BCUT2D eigenvalue weighted by molar-refractivity contribution is -0.0639. The highest BCUT2D eigenvalue weighted by molar-refractivity contribution is 5.98. The van der Waals surface area contributed by atoms with Gasteiger partial charge in [-0.1, -0.05) is 77.6 Å². The summed E-state index contributed by atoms with van der Waals surface area (Å²) in [6.45, 7) is 4.98. The van der Waals surface area contributed by atoms with Crippen molar-refractivity contribution in [2.45, 2.75) is 97.2 Å². The number of hydrogen-bond acceptors (Lipinski definition) is 2. The van der Waals surface area contributed by atoms with Gasteiger partial charge in [0.2, 0.25) is 10.5 Å². The molecule has 19 heavy (non-hydrogen) atoms. The van der Waals surface area contributed by atoms with E-state index >= 15 is 0 Å².